The summed E-state index contributed by atoms with van der Waals surface area (Å²) in [5, 5.41) is 0. The van der Waals surface area contributed by atoms with E-state index in [0.717, 1.165) is 22.8 Å². The van der Waals surface area contributed by atoms with E-state index in [2.05, 4.69) is 9.98 Å². The predicted octanol–water partition coefficient (Wildman–Crippen LogP) is -1.91. The summed E-state index contributed by atoms with van der Waals surface area (Å²) in [6.07, 6.45) is 7.59. The number of aryl methyl sites for hydroxylation is 1. The summed E-state index contributed by atoms with van der Waals surface area (Å²) >= 11 is 0. The molecular formula is C13H18N5O3+. The quantitative estimate of drug-likeness (QED) is 0.390. The molecule has 1 N–H and O–H groups in total. The Hall–Kier alpha value is -2.51. The van der Waals surface area contributed by atoms with Gasteiger partial charge in [-0.3, -0.25) is 24.4 Å². The van der Waals surface area contributed by atoms with Crippen molar-refractivity contribution in [1.29, 1.82) is 0 Å². The van der Waals surface area contributed by atoms with Crippen molar-refractivity contribution >= 4 is 24.1 Å². The SMILES string of the molecule is CN1C(=O)C(C=[NH+]CCCn2ccnc2)C(=O)N(C)C1=O. The van der Waals surface area contributed by atoms with E-state index in [1.807, 2.05) is 10.8 Å². The molecule has 2 heterocycles. The molecule has 1 aromatic rings. The van der Waals surface area contributed by atoms with Crippen LogP contribution in [0, 0.1) is 5.92 Å². The van der Waals surface area contributed by atoms with E-state index in [0.29, 0.717) is 6.54 Å². The van der Waals surface area contributed by atoms with Gasteiger partial charge in [0.15, 0.2) is 12.1 Å². The summed E-state index contributed by atoms with van der Waals surface area (Å²) in [6.45, 7) is 1.42. The lowest BCUT2D eigenvalue weighted by molar-refractivity contribution is -0.454. The van der Waals surface area contributed by atoms with Gasteiger partial charge in [-0.2, -0.15) is 0 Å². The van der Waals surface area contributed by atoms with Crippen LogP contribution in [-0.4, -0.2) is 64.1 Å². The largest absolute Gasteiger partial charge is 0.337 e. The van der Waals surface area contributed by atoms with Gasteiger partial charge in [-0.05, 0) is 0 Å². The Morgan fingerprint density at radius 2 is 1.90 bits per heavy atom. The zero-order valence-electron chi connectivity index (χ0n) is 12.0. The lowest BCUT2D eigenvalue weighted by Crippen LogP contribution is -2.73. The van der Waals surface area contributed by atoms with E-state index >= 15 is 0 Å². The van der Waals surface area contributed by atoms with Crippen LogP contribution >= 0.6 is 0 Å². The second kappa shape index (κ2) is 6.29. The summed E-state index contributed by atoms with van der Waals surface area (Å²) in [5.41, 5.74) is 0. The van der Waals surface area contributed by atoms with Crippen LogP contribution in [-0.2, 0) is 16.1 Å². The van der Waals surface area contributed by atoms with Gasteiger partial charge < -0.3 is 4.57 Å². The minimum Gasteiger partial charge on any atom is -0.337 e. The molecule has 1 aliphatic heterocycles. The standard InChI is InChI=1S/C13H17N5O3/c1-16-11(19)10(12(20)17(2)13(16)21)8-14-4-3-6-18-7-5-15-9-18/h5,7-10H,3-4,6H2,1-2H3/p+1. The lowest BCUT2D eigenvalue weighted by Gasteiger charge is -2.30. The normalized spacial score (nSPS) is 17.3. The van der Waals surface area contributed by atoms with Crippen LogP contribution in [0.15, 0.2) is 18.7 Å². The molecule has 0 saturated carbocycles. The molecule has 1 aliphatic rings. The molecule has 0 atom stereocenters. The van der Waals surface area contributed by atoms with Gasteiger partial charge in [-0.25, -0.2) is 9.78 Å². The molecule has 8 nitrogen and oxygen atoms in total. The summed E-state index contributed by atoms with van der Waals surface area (Å²) in [5.74, 6) is -1.97. The summed E-state index contributed by atoms with van der Waals surface area (Å²) in [7, 11) is 2.74. The molecule has 4 amide bonds. The average Bonchev–Trinajstić information content (AvgIpc) is 2.99. The van der Waals surface area contributed by atoms with E-state index in [9.17, 15) is 14.4 Å². The molecule has 0 unspecified atom stereocenters. The second-order valence-corrected chi connectivity index (χ2v) is 4.83. The van der Waals surface area contributed by atoms with Gasteiger partial charge in [0.2, 0.25) is 0 Å². The molecule has 0 aliphatic carbocycles. The Morgan fingerprint density at radius 1 is 1.24 bits per heavy atom. The van der Waals surface area contributed by atoms with Crippen LogP contribution in [0.1, 0.15) is 6.42 Å². The molecule has 1 saturated heterocycles. The number of carbonyl (C=O) groups is 3. The number of aromatic nitrogens is 2. The number of carbonyl (C=O) groups excluding carboxylic acids is 3. The van der Waals surface area contributed by atoms with Gasteiger partial charge in [0.05, 0.1) is 6.33 Å². The molecule has 8 heteroatoms. The highest BCUT2D eigenvalue weighted by molar-refractivity contribution is 6.22. The third-order valence-electron chi connectivity index (χ3n) is 3.35. The van der Waals surface area contributed by atoms with Gasteiger partial charge >= 0.3 is 6.03 Å². The summed E-state index contributed by atoms with van der Waals surface area (Å²) in [4.78, 5) is 44.2. The van der Waals surface area contributed by atoms with E-state index in [1.165, 1.54) is 20.3 Å². The van der Waals surface area contributed by atoms with Crippen molar-refractivity contribution < 1.29 is 19.4 Å². The number of rotatable bonds is 5. The zero-order chi connectivity index (χ0) is 15.4. The van der Waals surface area contributed by atoms with Crippen molar-refractivity contribution in [1.82, 2.24) is 19.4 Å². The number of hydrogen-bond acceptors (Lipinski definition) is 4. The average molecular weight is 292 g/mol. The number of nitrogens with zero attached hydrogens (tertiary/aromatic N) is 4. The Labute approximate surface area is 122 Å². The molecule has 21 heavy (non-hydrogen) atoms. The Balaban J connectivity index is 1.88. The number of nitrogens with one attached hydrogen (secondary N) is 1. The minimum absolute atomic E-state index is 0.509. The van der Waals surface area contributed by atoms with Crippen molar-refractivity contribution in [2.75, 3.05) is 20.6 Å². The van der Waals surface area contributed by atoms with Crippen molar-refractivity contribution in [2.45, 2.75) is 13.0 Å². The van der Waals surface area contributed by atoms with Crippen molar-refractivity contribution in [3.8, 4) is 0 Å². The fourth-order valence-corrected chi connectivity index (χ4v) is 2.06. The monoisotopic (exact) mass is 292 g/mol. The molecule has 0 bridgehead atoms. The first kappa shape index (κ1) is 14.9. The minimum atomic E-state index is -0.953. The lowest BCUT2D eigenvalue weighted by atomic mass is 10.1. The molecule has 1 aromatic heterocycles. The maximum atomic E-state index is 11.9. The van der Waals surface area contributed by atoms with Crippen molar-refractivity contribution in [3.63, 3.8) is 0 Å². The number of imidazole rings is 1. The molecule has 1 fully saturated rings. The predicted molar refractivity (Wildman–Crippen MR) is 73.2 cm³/mol. The van der Waals surface area contributed by atoms with Gasteiger partial charge in [0, 0.05) is 39.5 Å². The molecule has 2 rings (SSSR count). The first-order valence-corrected chi connectivity index (χ1v) is 6.64. The zero-order valence-corrected chi connectivity index (χ0v) is 12.0. The smallest absolute Gasteiger partial charge is 0.332 e. The van der Waals surface area contributed by atoms with E-state index in [1.54, 1.807) is 12.5 Å². The van der Waals surface area contributed by atoms with Crippen LogP contribution in [0.5, 0.6) is 0 Å². The fourth-order valence-electron chi connectivity index (χ4n) is 2.06. The first-order valence-electron chi connectivity index (χ1n) is 6.64. The van der Waals surface area contributed by atoms with Crippen LogP contribution in [0.3, 0.4) is 0 Å². The number of barbiturate groups is 1. The third kappa shape index (κ3) is 3.15. The van der Waals surface area contributed by atoms with E-state index < -0.39 is 23.8 Å². The number of imide groups is 2. The highest BCUT2D eigenvalue weighted by atomic mass is 16.2. The maximum absolute atomic E-state index is 11.9. The molecular weight excluding hydrogens is 274 g/mol. The van der Waals surface area contributed by atoms with E-state index in [4.69, 9.17) is 0 Å². The topological polar surface area (TPSA) is 89.5 Å². The Kier molecular flexibility index (Phi) is 4.46. The molecule has 0 spiro atoms. The second-order valence-electron chi connectivity index (χ2n) is 4.83. The van der Waals surface area contributed by atoms with Crippen molar-refractivity contribution in [3.05, 3.63) is 18.7 Å². The Bertz CT molecular complexity index is 542. The van der Waals surface area contributed by atoms with Gasteiger partial charge in [0.25, 0.3) is 11.8 Å². The fraction of sp³-hybridized carbons (Fsp3) is 0.462. The number of hydrogen-bond donors (Lipinski definition) is 1. The molecule has 0 aromatic carbocycles. The third-order valence-corrected chi connectivity index (χ3v) is 3.35. The Morgan fingerprint density at radius 3 is 2.48 bits per heavy atom. The maximum Gasteiger partial charge on any atom is 0.332 e. The van der Waals surface area contributed by atoms with Crippen LogP contribution in [0.25, 0.3) is 0 Å². The summed E-state index contributed by atoms with van der Waals surface area (Å²) in [6, 6.07) is -0.602. The highest BCUT2D eigenvalue weighted by Crippen LogP contribution is 2.12. The van der Waals surface area contributed by atoms with Crippen LogP contribution < -0.4 is 4.99 Å². The van der Waals surface area contributed by atoms with Gasteiger partial charge in [0.1, 0.15) is 6.54 Å². The summed E-state index contributed by atoms with van der Waals surface area (Å²) < 4.78 is 1.94. The van der Waals surface area contributed by atoms with Gasteiger partial charge in [-0.15, -0.1) is 0 Å². The van der Waals surface area contributed by atoms with Gasteiger partial charge in [-0.1, -0.05) is 0 Å². The number of urea groups is 1. The van der Waals surface area contributed by atoms with Crippen LogP contribution in [0.4, 0.5) is 4.79 Å². The first-order chi connectivity index (χ1) is 10.0. The molecule has 112 valence electrons. The highest BCUT2D eigenvalue weighted by Gasteiger charge is 2.43. The van der Waals surface area contributed by atoms with Crippen molar-refractivity contribution in [2.24, 2.45) is 5.92 Å². The van der Waals surface area contributed by atoms with E-state index in [-0.39, 0.29) is 0 Å². The number of amides is 4. The molecule has 0 radical (unpaired) electrons. The van der Waals surface area contributed by atoms with Crippen LogP contribution in [0.2, 0.25) is 0 Å².